The largest absolute Gasteiger partial charge is 0.375 e. The van der Waals surface area contributed by atoms with Gasteiger partial charge >= 0.3 is 0 Å². The van der Waals surface area contributed by atoms with E-state index in [0.29, 0.717) is 12.4 Å². The summed E-state index contributed by atoms with van der Waals surface area (Å²) in [6.45, 7) is 3.43. The molecule has 3 nitrogen and oxygen atoms in total. The Labute approximate surface area is 122 Å². The lowest BCUT2D eigenvalue weighted by Gasteiger charge is -2.40. The Balaban J connectivity index is 1.72. The third kappa shape index (κ3) is 2.55. The lowest BCUT2D eigenvalue weighted by Crippen LogP contribution is -2.48. The molecule has 3 heteroatoms. The highest BCUT2D eigenvalue weighted by Crippen LogP contribution is 2.45. The van der Waals surface area contributed by atoms with Gasteiger partial charge in [-0.15, -0.1) is 0 Å². The van der Waals surface area contributed by atoms with E-state index in [1.54, 1.807) is 0 Å². The van der Waals surface area contributed by atoms with E-state index in [1.807, 2.05) is 6.92 Å². The van der Waals surface area contributed by atoms with Crippen LogP contribution in [-0.4, -0.2) is 30.2 Å². The van der Waals surface area contributed by atoms with Crippen LogP contribution in [0.4, 0.5) is 0 Å². The highest BCUT2D eigenvalue weighted by atomic mass is 16.5. The summed E-state index contributed by atoms with van der Waals surface area (Å²) in [5, 5.41) is 0. The first kappa shape index (κ1) is 14.5. The molecule has 3 fully saturated rings. The van der Waals surface area contributed by atoms with Crippen molar-refractivity contribution >= 4 is 5.78 Å². The summed E-state index contributed by atoms with van der Waals surface area (Å²) >= 11 is 0. The molecule has 0 N–H and O–H groups in total. The van der Waals surface area contributed by atoms with Crippen LogP contribution < -0.4 is 0 Å². The summed E-state index contributed by atoms with van der Waals surface area (Å²) in [5.74, 6) is 0.568. The normalized spacial score (nSPS) is 31.8. The molecule has 0 bridgehead atoms. The van der Waals surface area contributed by atoms with Gasteiger partial charge in [0.25, 0.3) is 0 Å². The van der Waals surface area contributed by atoms with Crippen LogP contribution in [0, 0.1) is 5.92 Å². The van der Waals surface area contributed by atoms with E-state index in [4.69, 9.17) is 9.47 Å². The van der Waals surface area contributed by atoms with Crippen LogP contribution in [0.5, 0.6) is 0 Å². The highest BCUT2D eigenvalue weighted by Gasteiger charge is 2.49. The van der Waals surface area contributed by atoms with E-state index in [9.17, 15) is 4.79 Å². The Morgan fingerprint density at radius 3 is 2.45 bits per heavy atom. The fourth-order valence-corrected chi connectivity index (χ4v) is 4.68. The molecule has 1 unspecified atom stereocenters. The molecule has 1 aliphatic heterocycles. The number of hydrogen-bond acceptors (Lipinski definition) is 3. The van der Waals surface area contributed by atoms with Crippen molar-refractivity contribution < 1.29 is 14.3 Å². The number of Topliss-reactive ketones (excluding diaryl/α,β-unsaturated/α-hetero) is 1. The molecular formula is C17H28O3. The summed E-state index contributed by atoms with van der Waals surface area (Å²) in [6.07, 6.45) is 10.8. The van der Waals surface area contributed by atoms with Gasteiger partial charge in [0.1, 0.15) is 5.60 Å². The molecule has 0 aromatic heterocycles. The number of carbonyl (C=O) groups excluding carboxylic acids is 1. The predicted octanol–water partition coefficient (Wildman–Crippen LogP) is 3.64. The molecule has 0 amide bonds. The summed E-state index contributed by atoms with van der Waals surface area (Å²) in [7, 11) is 0. The molecule has 1 atom stereocenters. The van der Waals surface area contributed by atoms with Gasteiger partial charge < -0.3 is 9.47 Å². The lowest BCUT2D eigenvalue weighted by atomic mass is 9.77. The smallest absolute Gasteiger partial charge is 0.167 e. The fourth-order valence-electron chi connectivity index (χ4n) is 4.68. The third-order valence-corrected chi connectivity index (χ3v) is 5.66. The molecule has 0 radical (unpaired) electrons. The van der Waals surface area contributed by atoms with Gasteiger partial charge in [-0.1, -0.05) is 12.8 Å². The van der Waals surface area contributed by atoms with Crippen LogP contribution in [0.3, 0.4) is 0 Å². The Kier molecular flexibility index (Phi) is 4.19. The molecule has 114 valence electrons. The van der Waals surface area contributed by atoms with E-state index in [1.165, 1.54) is 12.8 Å². The van der Waals surface area contributed by atoms with Crippen LogP contribution in [0.25, 0.3) is 0 Å². The average molecular weight is 280 g/mol. The minimum absolute atomic E-state index is 0.0323. The summed E-state index contributed by atoms with van der Waals surface area (Å²) in [6, 6.07) is 0. The second kappa shape index (κ2) is 5.76. The van der Waals surface area contributed by atoms with Gasteiger partial charge in [-0.05, 0) is 58.3 Å². The maximum Gasteiger partial charge on any atom is 0.167 e. The molecular weight excluding hydrogens is 252 g/mol. The van der Waals surface area contributed by atoms with E-state index in [2.05, 4.69) is 0 Å². The Morgan fingerprint density at radius 1 is 1.15 bits per heavy atom. The minimum Gasteiger partial charge on any atom is -0.375 e. The molecule has 3 aliphatic rings. The van der Waals surface area contributed by atoms with Gasteiger partial charge in [0.05, 0.1) is 5.60 Å². The maximum absolute atomic E-state index is 13.1. The Hall–Kier alpha value is -0.410. The standard InChI is InChI=1S/C17H28O3/c1-2-19-17(10-5-6-11-17)15(18)14-7-12-20-16(13-14)8-3-4-9-16/h14H,2-13H2,1H3. The van der Waals surface area contributed by atoms with Crippen molar-refractivity contribution in [2.24, 2.45) is 5.92 Å². The van der Waals surface area contributed by atoms with Crippen LogP contribution in [0.15, 0.2) is 0 Å². The average Bonchev–Trinajstić information content (AvgIpc) is 3.10. The highest BCUT2D eigenvalue weighted by molar-refractivity contribution is 5.90. The van der Waals surface area contributed by atoms with Gasteiger partial charge in [-0.3, -0.25) is 4.79 Å². The molecule has 1 heterocycles. The second-order valence-corrected chi connectivity index (χ2v) is 6.93. The minimum atomic E-state index is -0.448. The van der Waals surface area contributed by atoms with Crippen LogP contribution in [0.1, 0.15) is 71.1 Å². The van der Waals surface area contributed by atoms with Crippen molar-refractivity contribution in [1.29, 1.82) is 0 Å². The first-order valence-corrected chi connectivity index (χ1v) is 8.52. The van der Waals surface area contributed by atoms with Crippen molar-refractivity contribution in [1.82, 2.24) is 0 Å². The Bertz CT molecular complexity index is 351. The van der Waals surface area contributed by atoms with Crippen molar-refractivity contribution in [3.05, 3.63) is 0 Å². The third-order valence-electron chi connectivity index (χ3n) is 5.66. The number of ether oxygens (including phenoxy) is 2. The molecule has 2 saturated carbocycles. The first-order chi connectivity index (χ1) is 9.70. The van der Waals surface area contributed by atoms with E-state index >= 15 is 0 Å². The zero-order valence-corrected chi connectivity index (χ0v) is 12.8. The van der Waals surface area contributed by atoms with Gasteiger partial charge in [-0.2, -0.15) is 0 Å². The molecule has 20 heavy (non-hydrogen) atoms. The number of hydrogen-bond donors (Lipinski definition) is 0. The molecule has 2 aliphatic carbocycles. The van der Waals surface area contributed by atoms with Gasteiger partial charge in [0.15, 0.2) is 5.78 Å². The SMILES string of the molecule is CCOC1(C(=O)C2CCOC3(CCCC3)C2)CCCC1. The van der Waals surface area contributed by atoms with Gasteiger partial charge in [0, 0.05) is 19.1 Å². The first-order valence-electron chi connectivity index (χ1n) is 8.52. The van der Waals surface area contributed by atoms with Crippen molar-refractivity contribution in [2.45, 2.75) is 82.3 Å². The quantitative estimate of drug-likeness (QED) is 0.788. The van der Waals surface area contributed by atoms with E-state index < -0.39 is 5.60 Å². The van der Waals surface area contributed by atoms with Crippen molar-refractivity contribution in [3.63, 3.8) is 0 Å². The number of ketones is 1. The van der Waals surface area contributed by atoms with Gasteiger partial charge in [-0.25, -0.2) is 0 Å². The monoisotopic (exact) mass is 280 g/mol. The lowest BCUT2D eigenvalue weighted by molar-refractivity contribution is -0.158. The van der Waals surface area contributed by atoms with Crippen LogP contribution >= 0.6 is 0 Å². The van der Waals surface area contributed by atoms with Gasteiger partial charge in [0.2, 0.25) is 0 Å². The summed E-state index contributed by atoms with van der Waals surface area (Å²) in [4.78, 5) is 13.1. The zero-order chi connectivity index (χ0) is 14.1. The van der Waals surface area contributed by atoms with Crippen LogP contribution in [-0.2, 0) is 14.3 Å². The maximum atomic E-state index is 13.1. The predicted molar refractivity (Wildman–Crippen MR) is 77.7 cm³/mol. The topological polar surface area (TPSA) is 35.5 Å². The molecule has 3 rings (SSSR count). The van der Waals surface area contributed by atoms with E-state index in [-0.39, 0.29) is 11.5 Å². The molecule has 1 saturated heterocycles. The van der Waals surface area contributed by atoms with E-state index in [0.717, 1.165) is 58.0 Å². The Morgan fingerprint density at radius 2 is 1.80 bits per heavy atom. The van der Waals surface area contributed by atoms with Crippen molar-refractivity contribution in [3.8, 4) is 0 Å². The molecule has 0 aromatic rings. The summed E-state index contributed by atoms with van der Waals surface area (Å²) < 4.78 is 12.0. The van der Waals surface area contributed by atoms with Crippen LogP contribution in [0.2, 0.25) is 0 Å². The molecule has 1 spiro atoms. The van der Waals surface area contributed by atoms with Crippen molar-refractivity contribution in [2.75, 3.05) is 13.2 Å². The summed E-state index contributed by atoms with van der Waals surface area (Å²) in [5.41, 5.74) is -0.416. The fraction of sp³-hybridized carbons (Fsp3) is 0.941. The number of carbonyl (C=O) groups is 1. The number of rotatable bonds is 4. The zero-order valence-electron chi connectivity index (χ0n) is 12.8. The second-order valence-electron chi connectivity index (χ2n) is 6.93. The molecule has 0 aromatic carbocycles.